The first-order valence-corrected chi connectivity index (χ1v) is 23.1. The topological polar surface area (TPSA) is 295 Å². The highest BCUT2D eigenvalue weighted by atomic mass is 16.6. The number of nitrogens with two attached hydrogens (primary N) is 1. The van der Waals surface area contributed by atoms with Gasteiger partial charge in [-0.15, -0.1) is 0 Å². The van der Waals surface area contributed by atoms with E-state index in [-0.39, 0.29) is 30.9 Å². The van der Waals surface area contributed by atoms with Gasteiger partial charge in [-0.05, 0) is 79.4 Å². The number of fused-ring (bicyclic) bond motifs is 4. The molecule has 1 atom stereocenters. The fourth-order valence-electron chi connectivity index (χ4n) is 8.53. The van der Waals surface area contributed by atoms with Crippen LogP contribution >= 0.6 is 0 Å². The summed E-state index contributed by atoms with van der Waals surface area (Å²) in [5.74, 6) is -5.17. The molecular weight excluding hydrogens is 931 g/mol. The molecule has 22 nitrogen and oxygen atoms in total. The largest absolute Gasteiger partial charge is 0.415 e. The molecule has 0 saturated carbocycles. The van der Waals surface area contributed by atoms with Crippen LogP contribution < -0.4 is 42.0 Å². The zero-order valence-electron chi connectivity index (χ0n) is 39.1. The summed E-state index contributed by atoms with van der Waals surface area (Å²) in [5.41, 5.74) is 8.93. The first-order chi connectivity index (χ1) is 34.6. The Bertz CT molecular complexity index is 3030. The van der Waals surface area contributed by atoms with Crippen molar-refractivity contribution in [3.63, 3.8) is 0 Å². The van der Waals surface area contributed by atoms with E-state index in [9.17, 15) is 47.9 Å². The lowest BCUT2D eigenvalue weighted by Crippen LogP contribution is -2.52. The highest BCUT2D eigenvalue weighted by Gasteiger charge is 2.31. The van der Waals surface area contributed by atoms with Gasteiger partial charge in [0.05, 0.1) is 25.2 Å². The van der Waals surface area contributed by atoms with Crippen molar-refractivity contribution in [3.05, 3.63) is 108 Å². The average Bonchev–Trinajstić information content (AvgIpc) is 4.08. The number of primary amides is 1. The van der Waals surface area contributed by atoms with Gasteiger partial charge < -0.3 is 56.7 Å². The number of carbonyl (C=O) groups is 10. The molecular formula is C50H51N11O11. The number of ether oxygens (including phenoxy) is 1. The van der Waals surface area contributed by atoms with Crippen LogP contribution in [0.4, 0.5) is 21.9 Å². The number of nitrogens with zero attached hydrogens (tertiary/aromatic N) is 4. The molecule has 3 aliphatic rings. The second kappa shape index (κ2) is 21.8. The highest BCUT2D eigenvalue weighted by molar-refractivity contribution is 6.13. The zero-order valence-corrected chi connectivity index (χ0v) is 39.1. The van der Waals surface area contributed by atoms with E-state index in [2.05, 4.69) is 36.5 Å². The highest BCUT2D eigenvalue weighted by Crippen LogP contribution is 2.41. The Kier molecular flexibility index (Phi) is 15.0. The average molecular weight is 982 g/mol. The van der Waals surface area contributed by atoms with Crippen molar-refractivity contribution < 1.29 is 52.7 Å². The van der Waals surface area contributed by atoms with Gasteiger partial charge in [0.25, 0.3) is 23.6 Å². The summed E-state index contributed by atoms with van der Waals surface area (Å²) in [6.07, 6.45) is 1.88. The van der Waals surface area contributed by atoms with Gasteiger partial charge >= 0.3 is 6.09 Å². The third-order valence-electron chi connectivity index (χ3n) is 12.3. The Morgan fingerprint density at radius 2 is 1.44 bits per heavy atom. The Morgan fingerprint density at radius 1 is 0.750 bits per heavy atom. The number of hydrogen-bond acceptors (Lipinski definition) is 12. The smallest absolute Gasteiger partial charge is 0.409 e. The summed E-state index contributed by atoms with van der Waals surface area (Å²) < 4.78 is 5.99. The van der Waals surface area contributed by atoms with Crippen LogP contribution in [0, 0.1) is 0 Å². The van der Waals surface area contributed by atoms with Crippen LogP contribution in [0.3, 0.4) is 0 Å². The molecule has 1 aromatic heterocycles. The molecule has 372 valence electrons. The van der Waals surface area contributed by atoms with Crippen molar-refractivity contribution in [2.24, 2.45) is 5.73 Å². The number of anilines is 3. The van der Waals surface area contributed by atoms with Gasteiger partial charge in [-0.3, -0.25) is 48.1 Å². The molecule has 22 heteroatoms. The normalized spacial score (nSPS) is 14.8. The van der Waals surface area contributed by atoms with Crippen LogP contribution in [0.5, 0.6) is 5.75 Å². The van der Waals surface area contributed by atoms with Crippen LogP contribution in [-0.2, 0) is 40.0 Å². The number of aromatic amines is 1. The van der Waals surface area contributed by atoms with E-state index in [0.717, 1.165) is 46.5 Å². The van der Waals surface area contributed by atoms with Gasteiger partial charge in [0.2, 0.25) is 29.5 Å². The van der Waals surface area contributed by atoms with Gasteiger partial charge in [0.15, 0.2) is 0 Å². The molecule has 5 aromatic rings. The van der Waals surface area contributed by atoms with Crippen molar-refractivity contribution in [1.29, 1.82) is 0 Å². The van der Waals surface area contributed by atoms with Crippen molar-refractivity contribution >= 4 is 98.0 Å². The Morgan fingerprint density at radius 3 is 2.17 bits per heavy atom. The quantitative estimate of drug-likeness (QED) is 0.0657. The zero-order chi connectivity index (χ0) is 51.1. The number of likely N-dealkylation sites (N-methyl/N-ethyl adjacent to an activating group) is 1. The third kappa shape index (κ3) is 11.7. The minimum absolute atomic E-state index is 0.0156. The minimum atomic E-state index is -1.46. The number of imide groups is 1. The molecule has 1 fully saturated rings. The second-order valence-electron chi connectivity index (χ2n) is 17.4. The number of rotatable bonds is 17. The molecule has 1 saturated heterocycles. The lowest BCUT2D eigenvalue weighted by atomic mass is 10.0. The van der Waals surface area contributed by atoms with Crippen LogP contribution in [0.15, 0.2) is 91.0 Å². The molecule has 0 radical (unpaired) electrons. The van der Waals surface area contributed by atoms with Crippen LogP contribution in [-0.4, -0.2) is 144 Å². The molecule has 4 aromatic carbocycles. The van der Waals surface area contributed by atoms with E-state index < -0.39 is 78.9 Å². The van der Waals surface area contributed by atoms with Gasteiger partial charge in [-0.1, -0.05) is 24.3 Å². The number of carbonyl (C=O) groups excluding carboxylic acids is 10. The van der Waals surface area contributed by atoms with Gasteiger partial charge in [0.1, 0.15) is 17.5 Å². The maximum atomic E-state index is 14.1. The molecule has 0 aliphatic carbocycles. The first kappa shape index (κ1) is 49.5. The predicted octanol–water partition coefficient (Wildman–Crippen LogP) is 1.76. The third-order valence-corrected chi connectivity index (χ3v) is 12.3. The van der Waals surface area contributed by atoms with Crippen LogP contribution in [0.1, 0.15) is 45.7 Å². The summed E-state index contributed by atoms with van der Waals surface area (Å²) in [5, 5.41) is 14.8. The maximum Gasteiger partial charge on any atom is 0.415 e. The monoisotopic (exact) mass is 981 g/mol. The number of H-pyrrole nitrogens is 1. The number of piperazine rings is 1. The van der Waals surface area contributed by atoms with Crippen molar-refractivity contribution in [2.75, 3.05) is 74.9 Å². The molecule has 8 N–H and O–H groups in total. The fourth-order valence-corrected chi connectivity index (χ4v) is 8.53. The number of nitrogens with one attached hydrogen (secondary N) is 6. The number of benzene rings is 4. The SMILES string of the molecule is CN1CCN(C(=O)Oc2cc3c(c4ccccc24)CCN3C(=O)c2cc3cc(NC(=O)c4ccc(NC(=O)CNC(=O)C(CC(N)=O)NC(=O)CNC(=O)CCCN5C(=O)C=CC5=O)cc4)ccc3[nH]2)CC1. The van der Waals surface area contributed by atoms with Crippen LogP contribution in [0.2, 0.25) is 0 Å². The van der Waals surface area contributed by atoms with E-state index in [0.29, 0.717) is 65.5 Å². The van der Waals surface area contributed by atoms with E-state index in [1.807, 2.05) is 31.3 Å². The number of aromatic nitrogens is 1. The summed E-state index contributed by atoms with van der Waals surface area (Å²) in [4.78, 5) is 136. The predicted molar refractivity (Wildman–Crippen MR) is 263 cm³/mol. The molecule has 0 bridgehead atoms. The lowest BCUT2D eigenvalue weighted by molar-refractivity contribution is -0.137. The van der Waals surface area contributed by atoms with E-state index in [4.69, 9.17) is 10.5 Å². The van der Waals surface area contributed by atoms with Gasteiger partial charge in [-0.2, -0.15) is 0 Å². The summed E-state index contributed by atoms with van der Waals surface area (Å²) in [6, 6.07) is 20.8. The van der Waals surface area contributed by atoms with Gasteiger partial charge in [0, 0.05) is 97.1 Å². The second-order valence-corrected chi connectivity index (χ2v) is 17.4. The molecule has 10 amide bonds. The van der Waals surface area contributed by atoms with E-state index in [1.165, 1.54) is 24.3 Å². The lowest BCUT2D eigenvalue weighted by Gasteiger charge is -2.31. The Hall–Kier alpha value is -8.92. The molecule has 8 rings (SSSR count). The molecule has 0 spiro atoms. The van der Waals surface area contributed by atoms with Crippen LogP contribution in [0.25, 0.3) is 21.7 Å². The Balaban J connectivity index is 0.814. The summed E-state index contributed by atoms with van der Waals surface area (Å²) in [6.45, 7) is 1.93. The Labute approximate surface area is 411 Å². The maximum absolute atomic E-state index is 14.1. The fraction of sp³-hybridized carbons (Fsp3) is 0.280. The summed E-state index contributed by atoms with van der Waals surface area (Å²) >= 11 is 0. The van der Waals surface area contributed by atoms with Crippen molar-refractivity contribution in [1.82, 2.24) is 35.6 Å². The first-order valence-electron chi connectivity index (χ1n) is 23.1. The van der Waals surface area contributed by atoms with Crippen molar-refractivity contribution in [2.45, 2.75) is 31.7 Å². The standard InChI is InChI=1S/C50H51N11O11/c1-58-19-21-59(22-20-58)50(71)72-40-26-39-34(33-5-2-3-6-35(33)40)16-18-60(39)49(70)38-24-30-23-32(12-13-36(30)56-38)55-47(68)29-8-10-31(11-9-29)54-43(64)28-53-48(69)37(25-41(51)62)57-44(65)27-52-42(63)7-4-17-61-45(66)14-15-46(61)67/h2-3,5-6,8-15,23-24,26,37,56H,4,7,16-22,25,27-28H2,1H3,(H2,51,62)(H,52,63)(H,53,69)(H,54,64)(H,55,68)(H,57,65). The minimum Gasteiger partial charge on any atom is -0.409 e. The van der Waals surface area contributed by atoms with E-state index >= 15 is 0 Å². The molecule has 72 heavy (non-hydrogen) atoms. The summed E-state index contributed by atoms with van der Waals surface area (Å²) in [7, 11) is 2.01. The molecule has 4 heterocycles. The number of hydrogen-bond donors (Lipinski definition) is 7. The van der Waals surface area contributed by atoms with E-state index in [1.54, 1.807) is 40.1 Å². The van der Waals surface area contributed by atoms with Gasteiger partial charge in [-0.25, -0.2) is 4.79 Å². The van der Waals surface area contributed by atoms with Crippen molar-refractivity contribution in [3.8, 4) is 5.75 Å². The molecule has 1 unspecified atom stereocenters. The molecule has 3 aliphatic heterocycles. The number of amides is 10.